The maximum atomic E-state index is 12.9. The number of aromatic nitrogens is 2. The van der Waals surface area contributed by atoms with Crippen LogP contribution in [0.25, 0.3) is 0 Å². The minimum Gasteiger partial charge on any atom is -0.323 e. The predicted octanol–water partition coefficient (Wildman–Crippen LogP) is 3.60. The molecule has 1 heterocycles. The Hall–Kier alpha value is -1.60. The van der Waals surface area contributed by atoms with E-state index in [0.717, 1.165) is 11.8 Å². The zero-order chi connectivity index (χ0) is 15.5. The molecule has 112 valence electrons. The van der Waals surface area contributed by atoms with Crippen LogP contribution in [0.15, 0.2) is 41.7 Å². The molecule has 0 amide bonds. The average Bonchev–Trinajstić information content (AvgIpc) is 2.44. The number of nitrogens with two attached hydrogens (primary N) is 1. The molecule has 21 heavy (non-hydrogen) atoms. The zero-order valence-electron chi connectivity index (χ0n) is 11.3. The van der Waals surface area contributed by atoms with Crippen LogP contribution in [0, 0.1) is 6.92 Å². The topological polar surface area (TPSA) is 51.8 Å². The van der Waals surface area contributed by atoms with Gasteiger partial charge < -0.3 is 5.73 Å². The molecule has 0 aliphatic rings. The predicted molar refractivity (Wildman–Crippen MR) is 75.9 cm³/mol. The lowest BCUT2D eigenvalue weighted by Crippen LogP contribution is -2.19. The van der Waals surface area contributed by atoms with E-state index in [0.29, 0.717) is 5.16 Å². The molecule has 2 aromatic rings. The summed E-state index contributed by atoms with van der Waals surface area (Å²) in [6.07, 6.45) is -2.79. The highest BCUT2D eigenvalue weighted by Crippen LogP contribution is 2.35. The van der Waals surface area contributed by atoms with Gasteiger partial charge in [0.25, 0.3) is 0 Å². The van der Waals surface area contributed by atoms with Gasteiger partial charge in [0.2, 0.25) is 0 Å². The fourth-order valence-electron chi connectivity index (χ4n) is 1.83. The summed E-state index contributed by atoms with van der Waals surface area (Å²) < 4.78 is 38.8. The van der Waals surface area contributed by atoms with Crippen LogP contribution >= 0.6 is 11.8 Å². The highest BCUT2D eigenvalue weighted by molar-refractivity contribution is 7.99. The van der Waals surface area contributed by atoms with Crippen LogP contribution in [0.3, 0.4) is 0 Å². The van der Waals surface area contributed by atoms with Crippen molar-refractivity contribution < 1.29 is 13.2 Å². The highest BCUT2D eigenvalue weighted by atomic mass is 32.2. The Morgan fingerprint density at radius 1 is 1.24 bits per heavy atom. The number of benzene rings is 1. The first-order chi connectivity index (χ1) is 9.88. The summed E-state index contributed by atoms with van der Waals surface area (Å²) in [4.78, 5) is 8.23. The number of hydrogen-bond acceptors (Lipinski definition) is 4. The summed E-state index contributed by atoms with van der Waals surface area (Å²) in [5.41, 5.74) is 6.10. The van der Waals surface area contributed by atoms with Crippen LogP contribution in [-0.4, -0.2) is 15.7 Å². The van der Waals surface area contributed by atoms with Crippen LogP contribution in [0.5, 0.6) is 0 Å². The Balaban J connectivity index is 2.12. The number of nitrogens with zero attached hydrogens (tertiary/aromatic N) is 2. The van der Waals surface area contributed by atoms with Crippen LogP contribution in [0.2, 0.25) is 0 Å². The number of rotatable bonds is 4. The molecule has 0 saturated heterocycles. The van der Waals surface area contributed by atoms with Crippen LogP contribution < -0.4 is 5.73 Å². The molecule has 0 bridgehead atoms. The second kappa shape index (κ2) is 6.44. The van der Waals surface area contributed by atoms with Crippen molar-refractivity contribution in [3.05, 3.63) is 53.3 Å². The molecule has 3 nitrogen and oxygen atoms in total. The van der Waals surface area contributed by atoms with Crippen LogP contribution in [-0.2, 0) is 6.18 Å². The van der Waals surface area contributed by atoms with E-state index in [-0.39, 0.29) is 11.3 Å². The maximum Gasteiger partial charge on any atom is 0.416 e. The van der Waals surface area contributed by atoms with E-state index in [9.17, 15) is 13.2 Å². The average molecular weight is 313 g/mol. The standard InChI is InChI=1S/C14H14F3N3S/c1-9-6-7-19-13(20-9)21-8-12(18)10-4-2-3-5-11(10)14(15,16)17/h2-7,12H,8,18H2,1H3. The van der Waals surface area contributed by atoms with Gasteiger partial charge in [0.05, 0.1) is 5.56 Å². The van der Waals surface area contributed by atoms with Crippen molar-refractivity contribution in [1.29, 1.82) is 0 Å². The number of aryl methyl sites for hydroxylation is 1. The van der Waals surface area contributed by atoms with Crippen molar-refractivity contribution in [3.8, 4) is 0 Å². The quantitative estimate of drug-likeness (QED) is 0.692. The zero-order valence-corrected chi connectivity index (χ0v) is 12.1. The van der Waals surface area contributed by atoms with Gasteiger partial charge in [-0.15, -0.1) is 0 Å². The van der Waals surface area contributed by atoms with Crippen molar-refractivity contribution >= 4 is 11.8 Å². The van der Waals surface area contributed by atoms with Gasteiger partial charge in [-0.25, -0.2) is 9.97 Å². The molecule has 0 fully saturated rings. The SMILES string of the molecule is Cc1ccnc(SCC(N)c2ccccc2C(F)(F)F)n1. The summed E-state index contributed by atoms with van der Waals surface area (Å²) in [5.74, 6) is 0.274. The number of thioether (sulfide) groups is 1. The second-order valence-electron chi connectivity index (χ2n) is 4.48. The van der Waals surface area contributed by atoms with Crippen molar-refractivity contribution in [1.82, 2.24) is 9.97 Å². The summed E-state index contributed by atoms with van der Waals surface area (Å²) in [6.45, 7) is 1.82. The van der Waals surface area contributed by atoms with Crippen LogP contribution in [0.1, 0.15) is 22.9 Å². The lowest BCUT2D eigenvalue weighted by atomic mass is 10.0. The first kappa shape index (κ1) is 15.8. The van der Waals surface area contributed by atoms with Crippen LogP contribution in [0.4, 0.5) is 13.2 Å². The lowest BCUT2D eigenvalue weighted by molar-refractivity contribution is -0.138. The van der Waals surface area contributed by atoms with Gasteiger partial charge in [-0.2, -0.15) is 13.2 Å². The number of halogens is 3. The molecular weight excluding hydrogens is 299 g/mol. The Labute approximate surface area is 124 Å². The van der Waals surface area contributed by atoms with E-state index in [2.05, 4.69) is 9.97 Å². The Kier molecular flexibility index (Phi) is 4.84. The Morgan fingerprint density at radius 2 is 1.95 bits per heavy atom. The summed E-state index contributed by atoms with van der Waals surface area (Å²) >= 11 is 1.24. The summed E-state index contributed by atoms with van der Waals surface area (Å²) in [5, 5.41) is 0.509. The third kappa shape index (κ3) is 4.18. The third-order valence-corrected chi connectivity index (χ3v) is 3.81. The van der Waals surface area contributed by atoms with Gasteiger partial charge in [0.1, 0.15) is 0 Å². The van der Waals surface area contributed by atoms with E-state index in [4.69, 9.17) is 5.73 Å². The summed E-state index contributed by atoms with van der Waals surface area (Å²) in [6, 6.07) is 6.38. The molecular formula is C14H14F3N3S. The number of hydrogen-bond donors (Lipinski definition) is 1. The largest absolute Gasteiger partial charge is 0.416 e. The first-order valence-electron chi connectivity index (χ1n) is 6.22. The highest BCUT2D eigenvalue weighted by Gasteiger charge is 2.34. The van der Waals surface area contributed by atoms with Crippen molar-refractivity contribution in [2.45, 2.75) is 24.3 Å². The van der Waals surface area contributed by atoms with E-state index in [1.807, 2.05) is 6.92 Å². The minimum absolute atomic E-state index is 0.0881. The lowest BCUT2D eigenvalue weighted by Gasteiger charge is -2.17. The molecule has 1 aromatic heterocycles. The smallest absolute Gasteiger partial charge is 0.323 e. The fraction of sp³-hybridized carbons (Fsp3) is 0.286. The summed E-state index contributed by atoms with van der Waals surface area (Å²) in [7, 11) is 0. The van der Waals surface area contributed by atoms with E-state index in [1.54, 1.807) is 18.3 Å². The van der Waals surface area contributed by atoms with Gasteiger partial charge in [-0.3, -0.25) is 0 Å². The van der Waals surface area contributed by atoms with E-state index >= 15 is 0 Å². The molecule has 2 rings (SSSR count). The van der Waals surface area contributed by atoms with Gasteiger partial charge in [-0.1, -0.05) is 30.0 Å². The molecule has 0 saturated carbocycles. The molecule has 7 heteroatoms. The molecule has 1 aromatic carbocycles. The molecule has 2 N–H and O–H groups in total. The molecule has 0 aliphatic carbocycles. The molecule has 0 spiro atoms. The minimum atomic E-state index is -4.40. The van der Waals surface area contributed by atoms with Crippen molar-refractivity contribution in [2.75, 3.05) is 5.75 Å². The first-order valence-corrected chi connectivity index (χ1v) is 7.20. The monoisotopic (exact) mass is 313 g/mol. The Bertz CT molecular complexity index is 616. The van der Waals surface area contributed by atoms with Gasteiger partial charge in [0.15, 0.2) is 5.16 Å². The van der Waals surface area contributed by atoms with Gasteiger partial charge >= 0.3 is 6.18 Å². The van der Waals surface area contributed by atoms with Crippen molar-refractivity contribution in [2.24, 2.45) is 5.73 Å². The van der Waals surface area contributed by atoms with E-state index < -0.39 is 17.8 Å². The van der Waals surface area contributed by atoms with Gasteiger partial charge in [0, 0.05) is 23.7 Å². The maximum absolute atomic E-state index is 12.9. The van der Waals surface area contributed by atoms with Gasteiger partial charge in [-0.05, 0) is 24.6 Å². The Morgan fingerprint density at radius 3 is 2.62 bits per heavy atom. The molecule has 1 unspecified atom stereocenters. The second-order valence-corrected chi connectivity index (χ2v) is 5.47. The molecule has 0 aliphatic heterocycles. The van der Waals surface area contributed by atoms with Crippen molar-refractivity contribution in [3.63, 3.8) is 0 Å². The third-order valence-electron chi connectivity index (χ3n) is 2.83. The number of alkyl halides is 3. The normalized spacial score (nSPS) is 13.2. The fourth-order valence-corrected chi connectivity index (χ4v) is 2.68. The molecule has 0 radical (unpaired) electrons. The molecule has 1 atom stereocenters. The van der Waals surface area contributed by atoms with E-state index in [1.165, 1.54) is 23.9 Å².